The standard InChI is InChI=1S/C6H14.HO3P/c1-5(2)6(3)4;1-4(2)3/h5-6H,1-4H3;(H-,1,2,3)/p+1. The first kappa shape index (κ1) is 12.7. The maximum Gasteiger partial charge on any atom is 0.692 e. The lowest BCUT2D eigenvalue weighted by molar-refractivity contribution is 0.405. The Hall–Kier alpha value is 0.0200. The fourth-order valence-corrected chi connectivity index (χ4v) is 0. The minimum atomic E-state index is -2.87. The largest absolute Gasteiger partial charge is 0.692 e. The van der Waals surface area contributed by atoms with Gasteiger partial charge in [-0.2, -0.15) is 0 Å². The summed E-state index contributed by atoms with van der Waals surface area (Å²) in [5.41, 5.74) is 0. The Morgan fingerprint density at radius 1 is 1.00 bits per heavy atom. The Bertz CT molecular complexity index is 81.0. The molecule has 0 aromatic heterocycles. The highest BCUT2D eigenvalue weighted by atomic mass is 31.1. The molecule has 0 radical (unpaired) electrons. The van der Waals surface area contributed by atoms with Crippen LogP contribution in [0.1, 0.15) is 27.7 Å². The zero-order chi connectivity index (χ0) is 8.73. The molecule has 0 unspecified atom stereocenters. The maximum atomic E-state index is 8.70. The molecule has 0 saturated heterocycles. The quantitative estimate of drug-likeness (QED) is 0.586. The van der Waals surface area contributed by atoms with Gasteiger partial charge in [0.05, 0.1) is 0 Å². The van der Waals surface area contributed by atoms with Gasteiger partial charge in [-0.15, -0.1) is 9.79 Å². The number of rotatable bonds is 1. The minimum Gasteiger partial charge on any atom is -0.134 e. The van der Waals surface area contributed by atoms with Gasteiger partial charge in [0.1, 0.15) is 0 Å². The molecule has 0 heterocycles. The van der Waals surface area contributed by atoms with Crippen LogP contribution in [-0.2, 0) is 4.57 Å². The Kier molecular flexibility index (Phi) is 9.04. The number of hydrogen-bond donors (Lipinski definition) is 2. The average molecular weight is 167 g/mol. The fraction of sp³-hybridized carbons (Fsp3) is 1.00. The van der Waals surface area contributed by atoms with Crippen LogP contribution in [0.4, 0.5) is 0 Å². The molecule has 0 saturated carbocycles. The summed E-state index contributed by atoms with van der Waals surface area (Å²) in [5, 5.41) is 0. The van der Waals surface area contributed by atoms with E-state index in [0.717, 1.165) is 11.8 Å². The van der Waals surface area contributed by atoms with E-state index in [1.807, 2.05) is 0 Å². The summed E-state index contributed by atoms with van der Waals surface area (Å²) in [6.07, 6.45) is 0. The molecule has 0 aromatic rings. The van der Waals surface area contributed by atoms with Gasteiger partial charge in [0.2, 0.25) is 0 Å². The van der Waals surface area contributed by atoms with E-state index < -0.39 is 8.25 Å². The van der Waals surface area contributed by atoms with Crippen molar-refractivity contribution < 1.29 is 14.4 Å². The van der Waals surface area contributed by atoms with Gasteiger partial charge >= 0.3 is 8.25 Å². The van der Waals surface area contributed by atoms with E-state index in [-0.39, 0.29) is 0 Å². The van der Waals surface area contributed by atoms with E-state index in [4.69, 9.17) is 14.4 Å². The first-order valence-corrected chi connectivity index (χ1v) is 4.39. The second-order valence-corrected chi connectivity index (χ2v) is 3.25. The molecular formula is C6H16O3P+. The Balaban J connectivity index is 0. The molecule has 0 bridgehead atoms. The third-order valence-corrected chi connectivity index (χ3v) is 1.33. The Morgan fingerprint density at radius 3 is 1.10 bits per heavy atom. The van der Waals surface area contributed by atoms with Crippen LogP contribution in [0.25, 0.3) is 0 Å². The van der Waals surface area contributed by atoms with Gasteiger partial charge in [-0.1, -0.05) is 27.7 Å². The average Bonchev–Trinajstić information content (AvgIpc) is 1.63. The van der Waals surface area contributed by atoms with Crippen molar-refractivity contribution in [1.29, 1.82) is 0 Å². The van der Waals surface area contributed by atoms with Gasteiger partial charge in [-0.05, 0) is 11.8 Å². The Morgan fingerprint density at radius 2 is 1.10 bits per heavy atom. The highest BCUT2D eigenvalue weighted by Crippen LogP contribution is 2.05. The fourth-order valence-electron chi connectivity index (χ4n) is 0. The molecule has 0 spiro atoms. The molecule has 0 aliphatic rings. The zero-order valence-corrected chi connectivity index (χ0v) is 7.80. The summed E-state index contributed by atoms with van der Waals surface area (Å²) in [6.45, 7) is 8.96. The van der Waals surface area contributed by atoms with Crippen molar-refractivity contribution >= 4 is 8.25 Å². The first-order chi connectivity index (χ1) is 4.37. The molecule has 0 amide bonds. The third kappa shape index (κ3) is 24.5. The monoisotopic (exact) mass is 167 g/mol. The van der Waals surface area contributed by atoms with Crippen LogP contribution < -0.4 is 0 Å². The van der Waals surface area contributed by atoms with Gasteiger partial charge in [-0.3, -0.25) is 0 Å². The summed E-state index contributed by atoms with van der Waals surface area (Å²) in [5.74, 6) is 1.70. The lowest BCUT2D eigenvalue weighted by Gasteiger charge is -2.05. The van der Waals surface area contributed by atoms with Crippen molar-refractivity contribution in [3.05, 3.63) is 0 Å². The predicted octanol–water partition coefficient (Wildman–Crippen LogP) is 1.93. The van der Waals surface area contributed by atoms with Gasteiger partial charge in [0, 0.05) is 4.57 Å². The van der Waals surface area contributed by atoms with Crippen molar-refractivity contribution in [2.45, 2.75) is 27.7 Å². The molecule has 0 aliphatic heterocycles. The van der Waals surface area contributed by atoms with Crippen LogP contribution in [0, 0.1) is 11.8 Å². The molecule has 2 N–H and O–H groups in total. The van der Waals surface area contributed by atoms with Gasteiger partial charge in [0.15, 0.2) is 0 Å². The first-order valence-electron chi connectivity index (χ1n) is 3.23. The summed E-state index contributed by atoms with van der Waals surface area (Å²) < 4.78 is 8.70. The van der Waals surface area contributed by atoms with E-state index in [1.165, 1.54) is 0 Å². The normalized spacial score (nSPS) is 9.20. The zero-order valence-electron chi connectivity index (χ0n) is 6.90. The molecule has 0 aliphatic carbocycles. The molecule has 62 valence electrons. The van der Waals surface area contributed by atoms with E-state index in [9.17, 15) is 0 Å². The van der Waals surface area contributed by atoms with Crippen LogP contribution in [0.2, 0.25) is 0 Å². The van der Waals surface area contributed by atoms with E-state index in [2.05, 4.69) is 27.7 Å². The molecule has 0 rings (SSSR count). The predicted molar refractivity (Wildman–Crippen MR) is 41.7 cm³/mol. The lowest BCUT2D eigenvalue weighted by Crippen LogP contribution is -1.95. The van der Waals surface area contributed by atoms with Crippen molar-refractivity contribution in [2.75, 3.05) is 0 Å². The van der Waals surface area contributed by atoms with Gasteiger partial charge in [0.25, 0.3) is 0 Å². The van der Waals surface area contributed by atoms with Crippen LogP contribution in [0.15, 0.2) is 0 Å². The highest BCUT2D eigenvalue weighted by Gasteiger charge is 1.95. The van der Waals surface area contributed by atoms with E-state index >= 15 is 0 Å². The van der Waals surface area contributed by atoms with Crippen LogP contribution >= 0.6 is 8.25 Å². The number of hydrogen-bond acceptors (Lipinski definition) is 1. The molecule has 0 fully saturated rings. The summed E-state index contributed by atoms with van der Waals surface area (Å²) in [4.78, 5) is 14.2. The molecule has 10 heavy (non-hydrogen) atoms. The molecule has 3 nitrogen and oxygen atoms in total. The summed E-state index contributed by atoms with van der Waals surface area (Å²) >= 11 is 0. The molecule has 4 heteroatoms. The summed E-state index contributed by atoms with van der Waals surface area (Å²) in [6, 6.07) is 0. The van der Waals surface area contributed by atoms with Crippen LogP contribution in [-0.4, -0.2) is 9.79 Å². The SMILES string of the molecule is CC(C)C(C)C.O=[P+](O)O. The molecule has 0 aromatic carbocycles. The van der Waals surface area contributed by atoms with Gasteiger partial charge < -0.3 is 0 Å². The topological polar surface area (TPSA) is 57.5 Å². The second kappa shape index (κ2) is 7.13. The lowest BCUT2D eigenvalue weighted by atomic mass is 10.0. The molecular weight excluding hydrogens is 151 g/mol. The van der Waals surface area contributed by atoms with E-state index in [0.29, 0.717) is 0 Å². The van der Waals surface area contributed by atoms with Crippen molar-refractivity contribution in [3.63, 3.8) is 0 Å². The molecule has 0 atom stereocenters. The third-order valence-electron chi connectivity index (χ3n) is 1.33. The van der Waals surface area contributed by atoms with Crippen LogP contribution in [0.3, 0.4) is 0 Å². The van der Waals surface area contributed by atoms with Crippen molar-refractivity contribution in [2.24, 2.45) is 11.8 Å². The highest BCUT2D eigenvalue weighted by molar-refractivity contribution is 7.30. The van der Waals surface area contributed by atoms with Crippen molar-refractivity contribution in [3.8, 4) is 0 Å². The van der Waals surface area contributed by atoms with Crippen LogP contribution in [0.5, 0.6) is 0 Å². The van der Waals surface area contributed by atoms with Crippen molar-refractivity contribution in [1.82, 2.24) is 0 Å². The summed E-state index contributed by atoms with van der Waals surface area (Å²) in [7, 11) is -2.87. The minimum absolute atomic E-state index is 0.852. The second-order valence-electron chi connectivity index (χ2n) is 2.74. The van der Waals surface area contributed by atoms with Gasteiger partial charge in [-0.25, -0.2) is 0 Å². The Labute approximate surface area is 63.0 Å². The van der Waals surface area contributed by atoms with E-state index in [1.54, 1.807) is 0 Å². The maximum absolute atomic E-state index is 8.70. The smallest absolute Gasteiger partial charge is 0.134 e.